The molecule has 2 N–H and O–H groups in total. The van der Waals surface area contributed by atoms with Gasteiger partial charge in [-0.25, -0.2) is 4.79 Å². The Balaban J connectivity index is 1.14. The molecule has 3 aromatic carbocycles. The van der Waals surface area contributed by atoms with Crippen molar-refractivity contribution in [2.45, 2.75) is 69.7 Å². The summed E-state index contributed by atoms with van der Waals surface area (Å²) in [7, 11) is 0. The number of hydrogen-bond donors (Lipinski definition) is 2. The van der Waals surface area contributed by atoms with Gasteiger partial charge in [-0.1, -0.05) is 60.7 Å². The third-order valence-corrected chi connectivity index (χ3v) is 7.58. The molecule has 6 rings (SSSR count). The molecule has 3 aliphatic rings. The van der Waals surface area contributed by atoms with Gasteiger partial charge in [0, 0.05) is 30.7 Å². The van der Waals surface area contributed by atoms with Crippen LogP contribution in [-0.4, -0.2) is 30.3 Å². The normalized spacial score (nSPS) is 24.3. The van der Waals surface area contributed by atoms with Gasteiger partial charge in [-0.3, -0.25) is 0 Å². The summed E-state index contributed by atoms with van der Waals surface area (Å²) in [5, 5.41) is 7.26. The fourth-order valence-corrected chi connectivity index (χ4v) is 5.07. The molecule has 2 aliphatic carbocycles. The molecule has 36 heavy (non-hydrogen) atoms. The first-order valence-corrected chi connectivity index (χ1v) is 13.0. The van der Waals surface area contributed by atoms with Crippen molar-refractivity contribution in [1.82, 2.24) is 10.6 Å². The number of hydrogen-bond acceptors (Lipinski definition) is 6. The smallest absolute Gasteiger partial charge is 0.339 e. The SMILES string of the molecule is O=C1OCc2c1ccc(O[C@H]1CC[C@@H]1NCc1ccccc1)c2O[C@H]1CC[C@@H]1NCc1ccccc1. The highest BCUT2D eigenvalue weighted by Gasteiger charge is 2.38. The molecule has 0 saturated heterocycles. The van der Waals surface area contributed by atoms with Gasteiger partial charge in [-0.2, -0.15) is 0 Å². The topological polar surface area (TPSA) is 68.8 Å². The van der Waals surface area contributed by atoms with Gasteiger partial charge in [0.1, 0.15) is 18.8 Å². The van der Waals surface area contributed by atoms with Crippen molar-refractivity contribution in [2.24, 2.45) is 0 Å². The number of rotatable bonds is 10. The van der Waals surface area contributed by atoms with Crippen LogP contribution in [-0.2, 0) is 24.4 Å². The molecule has 0 bridgehead atoms. The summed E-state index contributed by atoms with van der Waals surface area (Å²) in [5.74, 6) is 1.08. The Labute approximate surface area is 212 Å². The van der Waals surface area contributed by atoms with Crippen LogP contribution >= 0.6 is 0 Å². The van der Waals surface area contributed by atoms with Crippen molar-refractivity contribution in [3.8, 4) is 11.5 Å². The number of benzene rings is 3. The molecule has 0 radical (unpaired) electrons. The number of carbonyl (C=O) groups excluding carboxylic acids is 1. The first-order chi connectivity index (χ1) is 17.7. The zero-order valence-electron chi connectivity index (χ0n) is 20.3. The Hall–Kier alpha value is -3.35. The highest BCUT2D eigenvalue weighted by atomic mass is 16.5. The lowest BCUT2D eigenvalue weighted by molar-refractivity contribution is 0.0453. The maximum atomic E-state index is 12.2. The first kappa shape index (κ1) is 23.1. The van der Waals surface area contributed by atoms with Gasteiger partial charge in [0.25, 0.3) is 0 Å². The number of nitrogens with one attached hydrogen (secondary N) is 2. The number of fused-ring (bicyclic) bond motifs is 1. The average Bonchev–Trinajstić information content (AvgIpc) is 3.27. The third kappa shape index (κ3) is 4.84. The summed E-state index contributed by atoms with van der Waals surface area (Å²) in [6.45, 7) is 1.86. The van der Waals surface area contributed by atoms with E-state index in [-0.39, 0.29) is 36.9 Å². The van der Waals surface area contributed by atoms with Gasteiger partial charge >= 0.3 is 5.97 Å². The van der Waals surface area contributed by atoms with Crippen LogP contribution in [0, 0.1) is 0 Å². The number of carbonyl (C=O) groups is 1. The first-order valence-electron chi connectivity index (χ1n) is 13.0. The van der Waals surface area contributed by atoms with Gasteiger partial charge in [0.15, 0.2) is 11.5 Å². The Bertz CT molecular complexity index is 1200. The van der Waals surface area contributed by atoms with E-state index in [1.807, 2.05) is 24.3 Å². The van der Waals surface area contributed by atoms with Crippen molar-refractivity contribution in [2.75, 3.05) is 0 Å². The van der Waals surface area contributed by atoms with E-state index in [9.17, 15) is 4.79 Å². The van der Waals surface area contributed by atoms with Gasteiger partial charge in [0.05, 0.1) is 5.56 Å². The summed E-state index contributed by atoms with van der Waals surface area (Å²) in [5.41, 5.74) is 3.90. The summed E-state index contributed by atoms with van der Waals surface area (Å²) in [4.78, 5) is 12.2. The second-order valence-electron chi connectivity index (χ2n) is 9.91. The van der Waals surface area contributed by atoms with Crippen molar-refractivity contribution in [3.05, 3.63) is 95.1 Å². The quantitative estimate of drug-likeness (QED) is 0.405. The predicted molar refractivity (Wildman–Crippen MR) is 137 cm³/mol. The summed E-state index contributed by atoms with van der Waals surface area (Å²) < 4.78 is 18.4. The minimum Gasteiger partial charge on any atom is -0.485 e. The van der Waals surface area contributed by atoms with E-state index in [1.165, 1.54) is 11.1 Å². The molecular weight excluding hydrogens is 452 g/mol. The van der Waals surface area contributed by atoms with Crippen LogP contribution < -0.4 is 20.1 Å². The lowest BCUT2D eigenvalue weighted by atomic mass is 9.88. The van der Waals surface area contributed by atoms with Crippen LogP contribution in [0.3, 0.4) is 0 Å². The maximum absolute atomic E-state index is 12.2. The molecule has 3 aromatic rings. The largest absolute Gasteiger partial charge is 0.485 e. The predicted octanol–water partition coefficient (Wildman–Crippen LogP) is 4.76. The molecule has 2 fully saturated rings. The summed E-state index contributed by atoms with van der Waals surface area (Å²) in [6, 6.07) is 25.0. The van der Waals surface area contributed by atoms with E-state index in [0.29, 0.717) is 17.1 Å². The monoisotopic (exact) mass is 484 g/mol. The zero-order chi connectivity index (χ0) is 24.3. The Morgan fingerprint density at radius 1 is 0.722 bits per heavy atom. The highest BCUT2D eigenvalue weighted by Crippen LogP contribution is 2.42. The Morgan fingerprint density at radius 3 is 1.86 bits per heavy atom. The van der Waals surface area contributed by atoms with Gasteiger partial charge < -0.3 is 24.8 Å². The van der Waals surface area contributed by atoms with E-state index in [4.69, 9.17) is 14.2 Å². The van der Waals surface area contributed by atoms with Crippen LogP contribution in [0.2, 0.25) is 0 Å². The molecular formula is C30H32N2O4. The lowest BCUT2D eigenvalue weighted by Gasteiger charge is -2.40. The number of ether oxygens (including phenoxy) is 3. The van der Waals surface area contributed by atoms with E-state index < -0.39 is 0 Å². The van der Waals surface area contributed by atoms with Crippen LogP contribution in [0.15, 0.2) is 72.8 Å². The van der Waals surface area contributed by atoms with Crippen molar-refractivity contribution in [3.63, 3.8) is 0 Å². The Morgan fingerprint density at radius 2 is 1.31 bits per heavy atom. The fourth-order valence-electron chi connectivity index (χ4n) is 5.07. The molecule has 4 atom stereocenters. The molecule has 0 aromatic heterocycles. The van der Waals surface area contributed by atoms with Crippen LogP contribution in [0.5, 0.6) is 11.5 Å². The molecule has 6 heteroatoms. The van der Waals surface area contributed by atoms with E-state index in [2.05, 4.69) is 59.2 Å². The van der Waals surface area contributed by atoms with Gasteiger partial charge in [-0.15, -0.1) is 0 Å². The van der Waals surface area contributed by atoms with Crippen molar-refractivity contribution < 1.29 is 19.0 Å². The van der Waals surface area contributed by atoms with Crippen LogP contribution in [0.1, 0.15) is 52.7 Å². The molecule has 1 heterocycles. The minimum absolute atomic E-state index is 0.0339. The minimum atomic E-state index is -0.292. The van der Waals surface area contributed by atoms with Gasteiger partial charge in [0.2, 0.25) is 0 Å². The van der Waals surface area contributed by atoms with Gasteiger partial charge in [-0.05, 0) is 48.9 Å². The number of esters is 1. The maximum Gasteiger partial charge on any atom is 0.339 e. The van der Waals surface area contributed by atoms with E-state index in [0.717, 1.165) is 44.3 Å². The summed E-state index contributed by atoms with van der Waals surface area (Å²) in [6.07, 6.45) is 4.20. The average molecular weight is 485 g/mol. The second kappa shape index (κ2) is 10.3. The standard InChI is InChI=1S/C30H32N2O4/c33-30-22-11-14-28(35-26-15-12-24(26)31-17-20-7-3-1-4-8-20)29(23(22)19-34-30)36-27-16-13-25(27)32-18-21-9-5-2-6-10-21/h1-11,14,24-27,31-32H,12-13,15-19H2/t24-,25-,26-,27-/m0/s1. The molecule has 0 amide bonds. The molecule has 0 spiro atoms. The number of cyclic esters (lactones) is 1. The Kier molecular flexibility index (Phi) is 6.62. The van der Waals surface area contributed by atoms with Crippen LogP contribution in [0.4, 0.5) is 0 Å². The zero-order valence-corrected chi connectivity index (χ0v) is 20.3. The summed E-state index contributed by atoms with van der Waals surface area (Å²) >= 11 is 0. The molecule has 6 nitrogen and oxygen atoms in total. The fraction of sp³-hybridized carbons (Fsp3) is 0.367. The van der Waals surface area contributed by atoms with E-state index in [1.54, 1.807) is 0 Å². The molecule has 0 unspecified atom stereocenters. The molecule has 1 aliphatic heterocycles. The highest BCUT2D eigenvalue weighted by molar-refractivity contribution is 5.94. The van der Waals surface area contributed by atoms with Crippen molar-refractivity contribution >= 4 is 5.97 Å². The molecule has 2 saturated carbocycles. The van der Waals surface area contributed by atoms with Crippen molar-refractivity contribution in [1.29, 1.82) is 0 Å². The molecule has 186 valence electrons. The van der Waals surface area contributed by atoms with E-state index >= 15 is 0 Å². The lowest BCUT2D eigenvalue weighted by Crippen LogP contribution is -2.51. The van der Waals surface area contributed by atoms with Crippen LogP contribution in [0.25, 0.3) is 0 Å². The third-order valence-electron chi connectivity index (χ3n) is 7.58. The second-order valence-corrected chi connectivity index (χ2v) is 9.91.